The molecule has 0 saturated heterocycles. The zero-order valence-corrected chi connectivity index (χ0v) is 17.4. The second kappa shape index (κ2) is 8.13. The molecule has 4 rings (SSSR count). The van der Waals surface area contributed by atoms with E-state index >= 15 is 0 Å². The summed E-state index contributed by atoms with van der Waals surface area (Å²) in [5, 5.41) is 3.76. The molecule has 2 heterocycles. The predicted octanol–water partition coefficient (Wildman–Crippen LogP) is 4.74. The molecule has 0 bridgehead atoms. The molecule has 0 fully saturated rings. The van der Waals surface area contributed by atoms with Crippen molar-refractivity contribution in [3.8, 4) is 0 Å². The number of halogens is 1. The number of anilines is 1. The summed E-state index contributed by atoms with van der Waals surface area (Å²) in [7, 11) is 0. The van der Waals surface area contributed by atoms with Crippen LogP contribution in [0.15, 0.2) is 72.7 Å². The van der Waals surface area contributed by atoms with E-state index in [2.05, 4.69) is 10.3 Å². The van der Waals surface area contributed by atoms with E-state index in [1.54, 1.807) is 30.6 Å². The van der Waals surface area contributed by atoms with Gasteiger partial charge in [0.25, 0.3) is 11.8 Å². The molecule has 150 valence electrons. The number of aryl methyl sites for hydroxylation is 1. The quantitative estimate of drug-likeness (QED) is 0.609. The van der Waals surface area contributed by atoms with Crippen LogP contribution >= 0.6 is 11.6 Å². The average molecular weight is 418 g/mol. The van der Waals surface area contributed by atoms with Crippen LogP contribution in [0.25, 0.3) is 5.57 Å². The van der Waals surface area contributed by atoms with Crippen LogP contribution in [-0.2, 0) is 16.1 Å². The van der Waals surface area contributed by atoms with Gasteiger partial charge in [-0.3, -0.25) is 19.5 Å². The Bertz CT molecular complexity index is 1150. The van der Waals surface area contributed by atoms with Crippen LogP contribution in [0.2, 0.25) is 5.02 Å². The van der Waals surface area contributed by atoms with E-state index in [0.29, 0.717) is 21.8 Å². The van der Waals surface area contributed by atoms with Gasteiger partial charge in [0.15, 0.2) is 0 Å². The molecule has 2 aromatic carbocycles. The highest BCUT2D eigenvalue weighted by Crippen LogP contribution is 2.33. The summed E-state index contributed by atoms with van der Waals surface area (Å²) in [6, 6.07) is 16.6. The van der Waals surface area contributed by atoms with Crippen LogP contribution in [0.3, 0.4) is 0 Å². The number of nitrogens with one attached hydrogen (secondary N) is 1. The minimum atomic E-state index is -0.376. The molecule has 1 aliphatic rings. The molecule has 1 aromatic heterocycles. The van der Waals surface area contributed by atoms with Gasteiger partial charge in [-0.05, 0) is 48.7 Å². The first-order chi connectivity index (χ1) is 14.5. The number of pyridine rings is 1. The summed E-state index contributed by atoms with van der Waals surface area (Å²) in [4.78, 5) is 31.9. The van der Waals surface area contributed by atoms with Gasteiger partial charge >= 0.3 is 0 Å². The lowest BCUT2D eigenvalue weighted by Crippen LogP contribution is -2.32. The Morgan fingerprint density at radius 3 is 2.43 bits per heavy atom. The van der Waals surface area contributed by atoms with Gasteiger partial charge in [0.1, 0.15) is 5.70 Å². The fraction of sp³-hybridized carbons (Fsp3) is 0.125. The van der Waals surface area contributed by atoms with Crippen molar-refractivity contribution in [3.05, 3.63) is 100.0 Å². The summed E-state index contributed by atoms with van der Waals surface area (Å²) < 4.78 is 0. The fourth-order valence-electron chi connectivity index (χ4n) is 3.38. The molecule has 0 saturated carbocycles. The van der Waals surface area contributed by atoms with Gasteiger partial charge in [-0.1, -0.05) is 53.6 Å². The molecule has 0 radical (unpaired) electrons. The van der Waals surface area contributed by atoms with Gasteiger partial charge in [-0.2, -0.15) is 0 Å². The highest BCUT2D eigenvalue weighted by atomic mass is 35.5. The lowest BCUT2D eigenvalue weighted by molar-refractivity contribution is -0.137. The van der Waals surface area contributed by atoms with E-state index in [-0.39, 0.29) is 24.1 Å². The van der Waals surface area contributed by atoms with E-state index in [1.165, 1.54) is 4.90 Å². The fourth-order valence-corrected chi connectivity index (χ4v) is 3.55. The molecule has 5 nitrogen and oxygen atoms in total. The molecule has 3 aromatic rings. The van der Waals surface area contributed by atoms with Crippen LogP contribution in [0.4, 0.5) is 5.69 Å². The molecule has 0 spiro atoms. The monoisotopic (exact) mass is 417 g/mol. The van der Waals surface area contributed by atoms with Crippen LogP contribution in [0.1, 0.15) is 22.3 Å². The van der Waals surface area contributed by atoms with Gasteiger partial charge in [0.2, 0.25) is 0 Å². The highest BCUT2D eigenvalue weighted by molar-refractivity contribution is 6.36. The lowest BCUT2D eigenvalue weighted by Gasteiger charge is -2.15. The number of hydrogen-bond acceptors (Lipinski definition) is 4. The molecule has 0 atom stereocenters. The van der Waals surface area contributed by atoms with Gasteiger partial charge in [-0.25, -0.2) is 0 Å². The molecule has 6 heteroatoms. The summed E-state index contributed by atoms with van der Waals surface area (Å²) in [6.45, 7) is 4.00. The topological polar surface area (TPSA) is 62.3 Å². The standard InChI is InChI=1S/C24H20ClN3O2/c1-15-8-10-18(11-9-15)21-22(27-20-7-3-6-19(25)16(20)2)24(30)28(23(21)29)14-17-5-4-12-26-13-17/h3-13,27H,14H2,1-2H3. The van der Waals surface area contributed by atoms with Crippen molar-refractivity contribution in [2.24, 2.45) is 0 Å². The van der Waals surface area contributed by atoms with Crippen molar-refractivity contribution in [1.82, 2.24) is 9.88 Å². The molecular formula is C24H20ClN3O2. The Morgan fingerprint density at radius 1 is 0.967 bits per heavy atom. The SMILES string of the molecule is Cc1ccc(C2=C(Nc3cccc(Cl)c3C)C(=O)N(Cc3cccnc3)C2=O)cc1. The molecular weight excluding hydrogens is 398 g/mol. The summed E-state index contributed by atoms with van der Waals surface area (Å²) in [6.07, 6.45) is 3.31. The minimum Gasteiger partial charge on any atom is -0.350 e. The van der Waals surface area contributed by atoms with Gasteiger partial charge < -0.3 is 5.32 Å². The third kappa shape index (κ3) is 3.72. The number of amides is 2. The van der Waals surface area contributed by atoms with Crippen LogP contribution in [0, 0.1) is 13.8 Å². The zero-order valence-electron chi connectivity index (χ0n) is 16.6. The Kier molecular flexibility index (Phi) is 5.38. The molecule has 0 aliphatic carbocycles. The van der Waals surface area contributed by atoms with Crippen LogP contribution in [-0.4, -0.2) is 21.7 Å². The molecule has 1 aliphatic heterocycles. The lowest BCUT2D eigenvalue weighted by atomic mass is 10.0. The maximum Gasteiger partial charge on any atom is 0.278 e. The zero-order chi connectivity index (χ0) is 21.3. The Balaban J connectivity index is 1.77. The van der Waals surface area contributed by atoms with Crippen LogP contribution < -0.4 is 5.32 Å². The van der Waals surface area contributed by atoms with Gasteiger partial charge in [0.05, 0.1) is 12.1 Å². The summed E-state index contributed by atoms with van der Waals surface area (Å²) in [5.74, 6) is -0.714. The number of aromatic nitrogens is 1. The van der Waals surface area contributed by atoms with E-state index in [1.807, 2.05) is 50.2 Å². The van der Waals surface area contributed by atoms with Crippen LogP contribution in [0.5, 0.6) is 0 Å². The number of rotatable bonds is 5. The third-order valence-corrected chi connectivity index (χ3v) is 5.51. The number of carbonyl (C=O) groups excluding carboxylic acids is 2. The number of carbonyl (C=O) groups is 2. The molecule has 1 N–H and O–H groups in total. The number of hydrogen-bond donors (Lipinski definition) is 1. The van der Waals surface area contributed by atoms with Crippen molar-refractivity contribution in [2.75, 3.05) is 5.32 Å². The Morgan fingerprint density at radius 2 is 1.73 bits per heavy atom. The van der Waals surface area contributed by atoms with Crippen molar-refractivity contribution < 1.29 is 9.59 Å². The van der Waals surface area contributed by atoms with Gasteiger partial charge in [-0.15, -0.1) is 0 Å². The first-order valence-corrected chi connectivity index (χ1v) is 9.92. The van der Waals surface area contributed by atoms with E-state index in [0.717, 1.165) is 16.7 Å². The molecule has 2 amide bonds. The molecule has 0 unspecified atom stereocenters. The number of imide groups is 1. The summed E-state index contributed by atoms with van der Waals surface area (Å²) >= 11 is 6.25. The third-order valence-electron chi connectivity index (χ3n) is 5.10. The normalized spacial score (nSPS) is 13.9. The van der Waals surface area contributed by atoms with Crippen molar-refractivity contribution in [2.45, 2.75) is 20.4 Å². The van der Waals surface area contributed by atoms with Crippen molar-refractivity contribution in [1.29, 1.82) is 0 Å². The average Bonchev–Trinajstić information content (AvgIpc) is 2.97. The first kappa shape index (κ1) is 19.9. The summed E-state index contributed by atoms with van der Waals surface area (Å²) in [5.41, 5.74) is 4.63. The first-order valence-electron chi connectivity index (χ1n) is 9.54. The largest absolute Gasteiger partial charge is 0.350 e. The Hall–Kier alpha value is -3.44. The van der Waals surface area contributed by atoms with E-state index in [9.17, 15) is 9.59 Å². The second-order valence-electron chi connectivity index (χ2n) is 7.21. The van der Waals surface area contributed by atoms with E-state index in [4.69, 9.17) is 11.6 Å². The number of nitrogens with zero attached hydrogens (tertiary/aromatic N) is 2. The van der Waals surface area contributed by atoms with Crippen molar-refractivity contribution >= 4 is 34.7 Å². The van der Waals surface area contributed by atoms with Crippen molar-refractivity contribution in [3.63, 3.8) is 0 Å². The minimum absolute atomic E-state index is 0.153. The Labute approximate surface area is 180 Å². The number of benzene rings is 2. The maximum absolute atomic E-state index is 13.3. The van der Waals surface area contributed by atoms with Gasteiger partial charge in [0, 0.05) is 23.1 Å². The maximum atomic E-state index is 13.3. The smallest absolute Gasteiger partial charge is 0.278 e. The molecule has 30 heavy (non-hydrogen) atoms. The predicted molar refractivity (Wildman–Crippen MR) is 118 cm³/mol. The second-order valence-corrected chi connectivity index (χ2v) is 7.62. The van der Waals surface area contributed by atoms with E-state index < -0.39 is 0 Å². The highest BCUT2D eigenvalue weighted by Gasteiger charge is 2.39.